The maximum Gasteiger partial charge on any atom is 0.261 e. The lowest BCUT2D eigenvalue weighted by Gasteiger charge is -2.13. The van der Waals surface area contributed by atoms with E-state index in [-0.39, 0.29) is 17.6 Å². The van der Waals surface area contributed by atoms with Crippen molar-refractivity contribution in [3.05, 3.63) is 35.4 Å². The standard InChI is InChI=1S/C13H15NO4S/c15-12-10-6-2-3-7-11(10)13(16)14(12)8-4-1-5-9-19(17)18/h2-3,6-7H,1,4-5,8-9H2,(H,17,18). The number of nitrogens with zero attached hydrogens (tertiary/aromatic N) is 1. The first kappa shape index (κ1) is 13.9. The lowest BCUT2D eigenvalue weighted by Crippen LogP contribution is -2.30. The van der Waals surface area contributed by atoms with Crippen LogP contribution >= 0.6 is 0 Å². The Bertz CT molecular complexity index is 494. The molecule has 0 fully saturated rings. The normalized spacial score (nSPS) is 15.7. The maximum absolute atomic E-state index is 12.0. The van der Waals surface area contributed by atoms with Crippen LogP contribution in [0.15, 0.2) is 24.3 Å². The molecule has 0 bridgehead atoms. The van der Waals surface area contributed by atoms with Crippen molar-refractivity contribution < 1.29 is 18.4 Å². The van der Waals surface area contributed by atoms with E-state index in [0.29, 0.717) is 30.5 Å². The van der Waals surface area contributed by atoms with Gasteiger partial charge in [-0.05, 0) is 25.0 Å². The van der Waals surface area contributed by atoms with Crippen LogP contribution in [0, 0.1) is 0 Å². The number of amides is 2. The van der Waals surface area contributed by atoms with Crippen LogP contribution < -0.4 is 0 Å². The van der Waals surface area contributed by atoms with Crippen molar-refractivity contribution in [3.63, 3.8) is 0 Å². The Morgan fingerprint density at radius 1 is 1.00 bits per heavy atom. The molecule has 0 spiro atoms. The lowest BCUT2D eigenvalue weighted by molar-refractivity contribution is 0.0651. The fraction of sp³-hybridized carbons (Fsp3) is 0.385. The third-order valence-electron chi connectivity index (χ3n) is 3.08. The van der Waals surface area contributed by atoms with Crippen molar-refractivity contribution in [2.75, 3.05) is 12.3 Å². The van der Waals surface area contributed by atoms with Gasteiger partial charge in [0.05, 0.1) is 11.1 Å². The highest BCUT2D eigenvalue weighted by atomic mass is 32.2. The zero-order chi connectivity index (χ0) is 13.8. The molecule has 2 amide bonds. The van der Waals surface area contributed by atoms with Gasteiger partial charge in [-0.3, -0.25) is 14.5 Å². The van der Waals surface area contributed by atoms with E-state index < -0.39 is 11.1 Å². The average Bonchev–Trinajstić information content (AvgIpc) is 2.63. The van der Waals surface area contributed by atoms with Crippen molar-refractivity contribution in [2.24, 2.45) is 0 Å². The molecule has 1 aliphatic rings. The van der Waals surface area contributed by atoms with Crippen molar-refractivity contribution in [2.45, 2.75) is 19.3 Å². The summed E-state index contributed by atoms with van der Waals surface area (Å²) in [5.41, 5.74) is 0.924. The van der Waals surface area contributed by atoms with Crippen LogP contribution in [0.2, 0.25) is 0 Å². The molecule has 1 unspecified atom stereocenters. The highest BCUT2D eigenvalue weighted by Gasteiger charge is 2.34. The van der Waals surface area contributed by atoms with E-state index in [9.17, 15) is 13.8 Å². The minimum absolute atomic E-state index is 0.238. The summed E-state index contributed by atoms with van der Waals surface area (Å²) >= 11 is -1.76. The monoisotopic (exact) mass is 281 g/mol. The van der Waals surface area contributed by atoms with Gasteiger partial charge in [-0.25, -0.2) is 4.21 Å². The first-order valence-corrected chi connectivity index (χ1v) is 7.41. The summed E-state index contributed by atoms with van der Waals surface area (Å²) in [5, 5.41) is 0. The van der Waals surface area contributed by atoms with E-state index in [1.807, 2.05) is 0 Å². The largest absolute Gasteiger partial charge is 0.306 e. The third-order valence-corrected chi connectivity index (χ3v) is 3.72. The zero-order valence-electron chi connectivity index (χ0n) is 10.4. The van der Waals surface area contributed by atoms with Gasteiger partial charge < -0.3 is 4.55 Å². The maximum atomic E-state index is 12.0. The molecule has 5 nitrogen and oxygen atoms in total. The smallest absolute Gasteiger partial charge is 0.261 e. The molecule has 0 aromatic heterocycles. The molecule has 0 saturated heterocycles. The predicted octanol–water partition coefficient (Wildman–Crippen LogP) is 1.67. The van der Waals surface area contributed by atoms with E-state index in [1.54, 1.807) is 24.3 Å². The number of imide groups is 1. The van der Waals surface area contributed by atoms with Crippen LogP contribution in [0.4, 0.5) is 0 Å². The number of carbonyl (C=O) groups excluding carboxylic acids is 2. The first-order valence-electron chi connectivity index (χ1n) is 6.14. The number of unbranched alkanes of at least 4 members (excludes halogenated alkanes) is 2. The summed E-state index contributed by atoms with van der Waals surface area (Å²) in [4.78, 5) is 25.2. The van der Waals surface area contributed by atoms with E-state index in [2.05, 4.69) is 0 Å². The average molecular weight is 281 g/mol. The van der Waals surface area contributed by atoms with Crippen molar-refractivity contribution >= 4 is 22.9 Å². The molecule has 19 heavy (non-hydrogen) atoms. The van der Waals surface area contributed by atoms with Crippen LogP contribution in [0.1, 0.15) is 40.0 Å². The molecular formula is C13H15NO4S. The summed E-state index contributed by atoms with van der Waals surface area (Å²) in [5.74, 6) is -0.250. The van der Waals surface area contributed by atoms with E-state index in [1.165, 1.54) is 4.90 Å². The molecule has 0 saturated carbocycles. The highest BCUT2D eigenvalue weighted by molar-refractivity contribution is 7.79. The van der Waals surface area contributed by atoms with Crippen LogP contribution in [-0.2, 0) is 11.1 Å². The SMILES string of the molecule is O=C1c2ccccc2C(=O)N1CCCCCS(=O)O. The number of rotatable bonds is 6. The van der Waals surface area contributed by atoms with Gasteiger partial charge in [-0.2, -0.15) is 0 Å². The van der Waals surface area contributed by atoms with Gasteiger partial charge in [0.25, 0.3) is 11.8 Å². The van der Waals surface area contributed by atoms with E-state index >= 15 is 0 Å². The van der Waals surface area contributed by atoms with Crippen molar-refractivity contribution in [1.82, 2.24) is 4.90 Å². The summed E-state index contributed by atoms with van der Waals surface area (Å²) in [6.07, 6.45) is 1.99. The fourth-order valence-corrected chi connectivity index (χ4v) is 2.57. The van der Waals surface area contributed by atoms with E-state index in [4.69, 9.17) is 4.55 Å². The summed E-state index contributed by atoms with van der Waals surface area (Å²) in [6.45, 7) is 0.365. The number of carbonyl (C=O) groups is 2. The van der Waals surface area contributed by atoms with Gasteiger partial charge in [0, 0.05) is 12.3 Å². The molecule has 0 aliphatic carbocycles. The van der Waals surface area contributed by atoms with Gasteiger partial charge in [-0.1, -0.05) is 18.6 Å². The van der Waals surface area contributed by atoms with Gasteiger partial charge >= 0.3 is 0 Å². The number of hydrogen-bond acceptors (Lipinski definition) is 3. The molecule has 1 heterocycles. The van der Waals surface area contributed by atoms with Crippen LogP contribution in [-0.4, -0.2) is 37.8 Å². The third kappa shape index (κ3) is 3.08. The Hall–Kier alpha value is -1.53. The number of benzene rings is 1. The van der Waals surface area contributed by atoms with E-state index in [0.717, 1.165) is 6.42 Å². The van der Waals surface area contributed by atoms with Crippen LogP contribution in [0.25, 0.3) is 0 Å². The number of fused-ring (bicyclic) bond motifs is 1. The quantitative estimate of drug-likeness (QED) is 0.489. The Morgan fingerprint density at radius 3 is 2.11 bits per heavy atom. The molecule has 1 aromatic carbocycles. The Morgan fingerprint density at radius 2 is 1.58 bits per heavy atom. The molecular weight excluding hydrogens is 266 g/mol. The molecule has 1 aliphatic heterocycles. The fourth-order valence-electron chi connectivity index (χ4n) is 2.11. The Kier molecular flexibility index (Phi) is 4.44. The summed E-state index contributed by atoms with van der Waals surface area (Å²) < 4.78 is 19.1. The second kappa shape index (κ2) is 6.08. The predicted molar refractivity (Wildman–Crippen MR) is 71.3 cm³/mol. The molecule has 1 N–H and O–H groups in total. The molecule has 2 rings (SSSR count). The highest BCUT2D eigenvalue weighted by Crippen LogP contribution is 2.22. The van der Waals surface area contributed by atoms with Crippen molar-refractivity contribution in [3.8, 4) is 0 Å². The summed E-state index contributed by atoms with van der Waals surface area (Å²) in [7, 11) is 0. The Balaban J connectivity index is 1.88. The molecule has 1 atom stereocenters. The Labute approximate surface area is 113 Å². The van der Waals surface area contributed by atoms with Crippen LogP contribution in [0.3, 0.4) is 0 Å². The minimum atomic E-state index is -1.76. The van der Waals surface area contributed by atoms with Crippen molar-refractivity contribution in [1.29, 1.82) is 0 Å². The zero-order valence-corrected chi connectivity index (χ0v) is 11.2. The first-order chi connectivity index (χ1) is 9.11. The summed E-state index contributed by atoms with van der Waals surface area (Å²) in [6, 6.07) is 6.79. The lowest BCUT2D eigenvalue weighted by atomic mass is 10.1. The van der Waals surface area contributed by atoms with Gasteiger partial charge in [0.15, 0.2) is 11.1 Å². The second-order valence-corrected chi connectivity index (χ2v) is 5.45. The molecule has 0 radical (unpaired) electrons. The van der Waals surface area contributed by atoms with Crippen LogP contribution in [0.5, 0.6) is 0 Å². The minimum Gasteiger partial charge on any atom is -0.306 e. The molecule has 1 aromatic rings. The van der Waals surface area contributed by atoms with Gasteiger partial charge in [-0.15, -0.1) is 0 Å². The molecule has 6 heteroatoms. The van der Waals surface area contributed by atoms with Gasteiger partial charge in [0.1, 0.15) is 0 Å². The number of hydrogen-bond donors (Lipinski definition) is 1. The molecule has 102 valence electrons. The topological polar surface area (TPSA) is 74.7 Å². The second-order valence-electron chi connectivity index (χ2n) is 4.39. The van der Waals surface area contributed by atoms with Gasteiger partial charge in [0.2, 0.25) is 0 Å².